The van der Waals surface area contributed by atoms with Gasteiger partial charge in [0.1, 0.15) is 5.69 Å². The van der Waals surface area contributed by atoms with Crippen LogP contribution in [0.3, 0.4) is 0 Å². The Morgan fingerprint density at radius 1 is 1.11 bits per heavy atom. The van der Waals surface area contributed by atoms with E-state index in [1.807, 2.05) is 0 Å². The summed E-state index contributed by atoms with van der Waals surface area (Å²) >= 11 is 0. The zero-order chi connectivity index (χ0) is 14.6. The smallest absolute Gasteiger partial charge is 0.135 e. The molecule has 3 heteroatoms. The molecule has 3 nitrogen and oxygen atoms in total. The van der Waals surface area contributed by atoms with Gasteiger partial charge in [0.15, 0.2) is 0 Å². The Labute approximate surface area is 111 Å². The molecule has 18 heavy (non-hydrogen) atoms. The van der Waals surface area contributed by atoms with E-state index in [0.717, 1.165) is 11.4 Å². The second-order valence-corrected chi connectivity index (χ2v) is 6.27. The summed E-state index contributed by atoms with van der Waals surface area (Å²) in [5.74, 6) is -1.08. The Balaban J connectivity index is 0.000000631. The van der Waals surface area contributed by atoms with Crippen LogP contribution in [0, 0.1) is 0 Å². The van der Waals surface area contributed by atoms with Crippen molar-refractivity contribution in [1.82, 2.24) is 4.48 Å². The lowest BCUT2D eigenvalue weighted by Gasteiger charge is -2.30. The highest BCUT2D eigenvalue weighted by Crippen LogP contribution is 2.32. The van der Waals surface area contributed by atoms with Gasteiger partial charge in [0.05, 0.1) is 21.1 Å². The van der Waals surface area contributed by atoms with Crippen molar-refractivity contribution in [2.24, 2.45) is 0 Å². The summed E-state index contributed by atoms with van der Waals surface area (Å²) in [5.41, 5.74) is 3.06. The molecule has 1 rings (SSSR count). The third-order valence-electron chi connectivity index (χ3n) is 2.43. The summed E-state index contributed by atoms with van der Waals surface area (Å²) in [7, 11) is 6.64. The van der Waals surface area contributed by atoms with Crippen LogP contribution in [0.2, 0.25) is 0 Å². The zero-order valence-electron chi connectivity index (χ0n) is 12.6. The molecule has 0 aromatic heterocycles. The number of benzene rings is 1. The van der Waals surface area contributed by atoms with Crippen LogP contribution in [0.15, 0.2) is 24.3 Å². The summed E-state index contributed by atoms with van der Waals surface area (Å²) in [5, 5.41) is 8.89. The van der Waals surface area contributed by atoms with Crippen LogP contribution in [0.25, 0.3) is 0 Å². The molecule has 0 saturated heterocycles. The molecule has 0 aliphatic rings. The third kappa shape index (κ3) is 5.82. The maximum absolute atomic E-state index is 8.89. The first kappa shape index (κ1) is 16.6. The first-order valence-corrected chi connectivity index (χ1v) is 6.05. The summed E-state index contributed by atoms with van der Waals surface area (Å²) in [4.78, 5) is 8.89. The maximum Gasteiger partial charge on any atom is 0.135 e. The van der Waals surface area contributed by atoms with Crippen molar-refractivity contribution in [1.29, 1.82) is 0 Å². The highest BCUT2D eigenvalue weighted by atomic mass is 16.4. The Kier molecular flexibility index (Phi) is 5.55. The van der Waals surface area contributed by atoms with Gasteiger partial charge in [-0.05, 0) is 18.4 Å². The van der Waals surface area contributed by atoms with Crippen LogP contribution in [0.5, 0.6) is 0 Å². The molecule has 102 valence electrons. The van der Waals surface area contributed by atoms with Gasteiger partial charge in [0.25, 0.3) is 0 Å². The summed E-state index contributed by atoms with van der Waals surface area (Å²) < 4.78 is 0.882. The molecular formula is C15H25NO2. The van der Waals surface area contributed by atoms with E-state index in [9.17, 15) is 0 Å². The van der Waals surface area contributed by atoms with E-state index in [2.05, 4.69) is 66.2 Å². The maximum atomic E-state index is 8.89. The van der Waals surface area contributed by atoms with Crippen molar-refractivity contribution < 1.29 is 9.90 Å². The van der Waals surface area contributed by atoms with Gasteiger partial charge in [-0.2, -0.15) is 0 Å². The zero-order valence-corrected chi connectivity index (χ0v) is 12.6. The van der Waals surface area contributed by atoms with Crippen molar-refractivity contribution in [2.45, 2.75) is 33.1 Å². The number of carboxylic acids is 1. The van der Waals surface area contributed by atoms with Gasteiger partial charge in [-0.3, -0.25) is 4.48 Å². The van der Waals surface area contributed by atoms with Crippen molar-refractivity contribution in [2.75, 3.05) is 21.1 Å². The molecule has 0 spiro atoms. The van der Waals surface area contributed by atoms with Crippen molar-refractivity contribution in [3.8, 4) is 0 Å². The number of rotatable bonds is 1. The average molecular weight is 251 g/mol. The first-order valence-electron chi connectivity index (χ1n) is 6.05. The number of carbonyl (C=O) groups is 1. The van der Waals surface area contributed by atoms with Crippen LogP contribution in [-0.2, 0) is 10.2 Å². The highest BCUT2D eigenvalue weighted by Gasteiger charge is 2.24. The SMILES string of the molecule is CC(=O)[O-].CC(C)(C)c1ccccc1[N+](C)(C)C. The van der Waals surface area contributed by atoms with Crippen molar-refractivity contribution in [3.05, 3.63) is 29.8 Å². The summed E-state index contributed by atoms with van der Waals surface area (Å²) in [6.45, 7) is 7.77. The topological polar surface area (TPSA) is 40.1 Å². The summed E-state index contributed by atoms with van der Waals surface area (Å²) in [6, 6.07) is 8.70. The Bertz CT molecular complexity index is 361. The minimum absolute atomic E-state index is 0.224. The first-order chi connectivity index (χ1) is 7.96. The minimum Gasteiger partial charge on any atom is -0.550 e. The Morgan fingerprint density at radius 2 is 1.50 bits per heavy atom. The van der Waals surface area contributed by atoms with E-state index in [1.165, 1.54) is 11.3 Å². The number of quaternary nitrogens is 1. The molecule has 0 saturated carbocycles. The van der Waals surface area contributed by atoms with Crippen LogP contribution in [0.1, 0.15) is 33.3 Å². The van der Waals surface area contributed by atoms with E-state index in [4.69, 9.17) is 9.90 Å². The predicted molar refractivity (Wildman–Crippen MR) is 75.4 cm³/mol. The Morgan fingerprint density at radius 3 is 1.78 bits per heavy atom. The quantitative estimate of drug-likeness (QED) is 0.716. The molecule has 0 radical (unpaired) electrons. The molecular weight excluding hydrogens is 226 g/mol. The largest absolute Gasteiger partial charge is 0.550 e. The molecule has 0 unspecified atom stereocenters. The minimum atomic E-state index is -1.08. The predicted octanol–water partition coefficient (Wildman–Crippen LogP) is 1.94. The highest BCUT2D eigenvalue weighted by molar-refractivity contribution is 5.60. The van der Waals surface area contributed by atoms with Gasteiger partial charge < -0.3 is 9.90 Å². The molecule has 0 bridgehead atoms. The molecule has 0 fully saturated rings. The van der Waals surface area contributed by atoms with Gasteiger partial charge in [-0.25, -0.2) is 0 Å². The molecule has 0 amide bonds. The molecule has 1 aromatic rings. The lowest BCUT2D eigenvalue weighted by Crippen LogP contribution is -2.37. The van der Waals surface area contributed by atoms with Crippen LogP contribution in [0.4, 0.5) is 5.69 Å². The van der Waals surface area contributed by atoms with Crippen molar-refractivity contribution >= 4 is 11.7 Å². The number of aliphatic carboxylic acids is 1. The lowest BCUT2D eigenvalue weighted by atomic mass is 9.85. The van der Waals surface area contributed by atoms with Crippen molar-refractivity contribution in [3.63, 3.8) is 0 Å². The van der Waals surface area contributed by atoms with Gasteiger partial charge >= 0.3 is 0 Å². The van der Waals surface area contributed by atoms with Crippen LogP contribution < -0.4 is 9.59 Å². The van der Waals surface area contributed by atoms with E-state index in [-0.39, 0.29) is 5.41 Å². The molecule has 0 aliphatic carbocycles. The molecule has 1 aromatic carbocycles. The van der Waals surface area contributed by atoms with Gasteiger partial charge in [-0.1, -0.05) is 39.0 Å². The number of carboxylic acid groups (broad SMARTS) is 1. The van der Waals surface area contributed by atoms with Gasteiger partial charge in [-0.15, -0.1) is 0 Å². The number of nitrogens with zero attached hydrogens (tertiary/aromatic N) is 1. The number of hydrogen-bond acceptors (Lipinski definition) is 2. The molecule has 0 heterocycles. The second-order valence-electron chi connectivity index (χ2n) is 6.27. The van der Waals surface area contributed by atoms with E-state index >= 15 is 0 Å². The number of hydrogen-bond donors (Lipinski definition) is 0. The molecule has 0 atom stereocenters. The average Bonchev–Trinajstić information content (AvgIpc) is 2.14. The number of para-hydroxylation sites is 1. The lowest BCUT2D eigenvalue weighted by molar-refractivity contribution is -0.302. The number of carbonyl (C=O) groups excluding carboxylic acids is 1. The summed E-state index contributed by atoms with van der Waals surface area (Å²) in [6.07, 6.45) is 0. The van der Waals surface area contributed by atoms with Gasteiger partial charge in [0, 0.05) is 11.5 Å². The normalized spacial score (nSPS) is 11.5. The van der Waals surface area contributed by atoms with Crippen LogP contribution in [-0.4, -0.2) is 27.1 Å². The van der Waals surface area contributed by atoms with Crippen LogP contribution >= 0.6 is 0 Å². The molecule has 0 N–H and O–H groups in total. The fraction of sp³-hybridized carbons (Fsp3) is 0.533. The van der Waals surface area contributed by atoms with E-state index in [0.29, 0.717) is 0 Å². The standard InChI is InChI=1S/C13H22N.C2H4O2/c1-13(2,3)11-9-7-8-10-12(11)14(4,5)6;1-2(3)4/h7-10H,1-6H3;1H3,(H,3,4)/q+1;/p-1. The van der Waals surface area contributed by atoms with Gasteiger partial charge in [0.2, 0.25) is 0 Å². The monoisotopic (exact) mass is 251 g/mol. The molecule has 0 aliphatic heterocycles. The fourth-order valence-corrected chi connectivity index (χ4v) is 1.69. The van der Waals surface area contributed by atoms with E-state index < -0.39 is 5.97 Å². The van der Waals surface area contributed by atoms with E-state index in [1.54, 1.807) is 0 Å². The fourth-order valence-electron chi connectivity index (χ4n) is 1.69. The Hall–Kier alpha value is -1.35. The third-order valence-corrected chi connectivity index (χ3v) is 2.43. The second kappa shape index (κ2) is 6.01.